The molecular formula is C19H27F2N5O7. The van der Waals surface area contributed by atoms with Crippen molar-refractivity contribution < 1.29 is 42.6 Å². The molecule has 2 atom stereocenters. The van der Waals surface area contributed by atoms with Gasteiger partial charge in [-0.1, -0.05) is 5.59 Å². The number of hydrogen-bond acceptors (Lipinski definition) is 8. The van der Waals surface area contributed by atoms with Gasteiger partial charge in [-0.3, -0.25) is 24.3 Å². The fourth-order valence-corrected chi connectivity index (χ4v) is 3.74. The third kappa shape index (κ3) is 6.28. The normalized spacial score (nSPS) is 21.8. The van der Waals surface area contributed by atoms with Gasteiger partial charge in [-0.15, -0.1) is 0 Å². The van der Waals surface area contributed by atoms with Crippen LogP contribution in [0.5, 0.6) is 0 Å². The van der Waals surface area contributed by atoms with Crippen molar-refractivity contribution >= 4 is 23.7 Å². The number of Topliss-reactive ketones (excluding diaryl/α,β-unsaturated/α-hetero) is 1. The number of carboxylic acid groups (broad SMARTS) is 1. The number of carbonyl (C=O) groups excluding carboxylic acids is 3. The molecule has 0 bridgehead atoms. The standard InChI is InChI=1S/C19H27F2N5O7/c20-19(21,16(17(22)29)12-10-32-7-6-25(12)18(30)31)8-15(28)23-5-1-2-13(27)14-9-26(24-33-14)11-3-4-11/h9,11-12,16,24H,1-8,10H2,(H2,22,29)(H,23,28)(H,30,31)/t12-,16+/m1/s1. The van der Waals surface area contributed by atoms with Crippen molar-refractivity contribution in [3.8, 4) is 0 Å². The van der Waals surface area contributed by atoms with Crippen LogP contribution in [0.4, 0.5) is 13.6 Å². The second-order valence-electron chi connectivity index (χ2n) is 8.14. The Kier molecular flexibility index (Phi) is 7.68. The first-order chi connectivity index (χ1) is 15.6. The maximum absolute atomic E-state index is 14.8. The molecule has 14 heteroatoms. The number of nitrogens with zero attached hydrogens (tertiary/aromatic N) is 2. The van der Waals surface area contributed by atoms with E-state index in [1.165, 1.54) is 0 Å². The summed E-state index contributed by atoms with van der Waals surface area (Å²) in [5, 5.41) is 13.2. The minimum atomic E-state index is -3.91. The van der Waals surface area contributed by atoms with Crippen LogP contribution in [0.25, 0.3) is 0 Å². The van der Waals surface area contributed by atoms with E-state index in [1.54, 1.807) is 11.2 Å². The van der Waals surface area contributed by atoms with Gasteiger partial charge < -0.3 is 25.7 Å². The number of rotatable bonds is 11. The maximum atomic E-state index is 14.8. The number of hydrogen-bond donors (Lipinski definition) is 4. The summed E-state index contributed by atoms with van der Waals surface area (Å²) >= 11 is 0. The van der Waals surface area contributed by atoms with Crippen LogP contribution in [0.1, 0.15) is 32.1 Å². The molecule has 1 saturated heterocycles. The van der Waals surface area contributed by atoms with Crippen molar-refractivity contribution in [3.63, 3.8) is 0 Å². The van der Waals surface area contributed by atoms with E-state index in [4.69, 9.17) is 15.3 Å². The molecule has 2 fully saturated rings. The molecule has 1 saturated carbocycles. The predicted molar refractivity (Wildman–Crippen MR) is 106 cm³/mol. The monoisotopic (exact) mass is 475 g/mol. The molecule has 1 aliphatic carbocycles. The van der Waals surface area contributed by atoms with Gasteiger partial charge in [-0.2, -0.15) is 0 Å². The SMILES string of the molecule is NC(=O)[C@H]([C@H]1COCCN1C(=O)O)C(F)(F)CC(=O)NCCCC(=O)C1=CN(C2CC2)NO1. The minimum absolute atomic E-state index is 0.00429. The molecule has 184 valence electrons. The molecule has 0 spiro atoms. The summed E-state index contributed by atoms with van der Waals surface area (Å²) in [5.74, 6) is -8.80. The molecule has 33 heavy (non-hydrogen) atoms. The Morgan fingerprint density at radius 3 is 2.70 bits per heavy atom. The fraction of sp³-hybridized carbons (Fsp3) is 0.684. The fourth-order valence-electron chi connectivity index (χ4n) is 3.74. The number of ketones is 1. The van der Waals surface area contributed by atoms with Crippen LogP contribution in [0.2, 0.25) is 0 Å². The number of amides is 3. The summed E-state index contributed by atoms with van der Waals surface area (Å²) in [5.41, 5.74) is 7.77. The smallest absolute Gasteiger partial charge is 0.407 e. The van der Waals surface area contributed by atoms with E-state index in [-0.39, 0.29) is 44.1 Å². The highest BCUT2D eigenvalue weighted by Crippen LogP contribution is 2.34. The van der Waals surface area contributed by atoms with Crippen molar-refractivity contribution in [2.45, 2.75) is 50.1 Å². The average Bonchev–Trinajstić information content (AvgIpc) is 3.47. The zero-order valence-corrected chi connectivity index (χ0v) is 17.8. The van der Waals surface area contributed by atoms with Gasteiger partial charge in [0.05, 0.1) is 31.9 Å². The van der Waals surface area contributed by atoms with Crippen LogP contribution >= 0.6 is 0 Å². The highest BCUT2D eigenvalue weighted by molar-refractivity contribution is 5.93. The van der Waals surface area contributed by atoms with E-state index in [9.17, 15) is 33.1 Å². The van der Waals surface area contributed by atoms with Crippen molar-refractivity contribution in [3.05, 3.63) is 12.0 Å². The molecule has 0 unspecified atom stereocenters. The van der Waals surface area contributed by atoms with E-state index in [2.05, 4.69) is 10.9 Å². The molecule has 3 amide bonds. The first-order valence-electron chi connectivity index (χ1n) is 10.6. The lowest BCUT2D eigenvalue weighted by Gasteiger charge is -2.39. The second-order valence-corrected chi connectivity index (χ2v) is 8.14. The molecule has 5 N–H and O–H groups in total. The highest BCUT2D eigenvalue weighted by Gasteiger charge is 2.52. The molecule has 0 aromatic heterocycles. The van der Waals surface area contributed by atoms with Crippen molar-refractivity contribution in [2.24, 2.45) is 11.7 Å². The largest absolute Gasteiger partial charge is 0.465 e. The van der Waals surface area contributed by atoms with Crippen molar-refractivity contribution in [1.82, 2.24) is 20.8 Å². The number of morpholine rings is 1. The highest BCUT2D eigenvalue weighted by atomic mass is 19.3. The Bertz CT molecular complexity index is 820. The van der Waals surface area contributed by atoms with Crippen molar-refractivity contribution in [2.75, 3.05) is 26.3 Å². The van der Waals surface area contributed by atoms with Gasteiger partial charge >= 0.3 is 6.09 Å². The van der Waals surface area contributed by atoms with Gasteiger partial charge in [0, 0.05) is 25.6 Å². The Morgan fingerprint density at radius 2 is 2.06 bits per heavy atom. The van der Waals surface area contributed by atoms with Crippen LogP contribution < -0.4 is 16.6 Å². The van der Waals surface area contributed by atoms with Gasteiger partial charge in [-0.05, 0) is 19.3 Å². The zero-order valence-electron chi connectivity index (χ0n) is 17.8. The van der Waals surface area contributed by atoms with Gasteiger partial charge in [-0.25, -0.2) is 13.6 Å². The second kappa shape index (κ2) is 10.3. The predicted octanol–water partition coefficient (Wildman–Crippen LogP) is -0.287. The van der Waals surface area contributed by atoms with Crippen LogP contribution in [0.3, 0.4) is 0 Å². The summed E-state index contributed by atoms with van der Waals surface area (Å²) in [6.07, 6.45) is 0.928. The first kappa shape index (κ1) is 24.6. The first-order valence-corrected chi connectivity index (χ1v) is 10.6. The number of halogens is 2. The number of allylic oxidation sites excluding steroid dienone is 1. The number of carbonyl (C=O) groups is 4. The maximum Gasteiger partial charge on any atom is 0.407 e. The number of ether oxygens (including phenoxy) is 1. The summed E-state index contributed by atoms with van der Waals surface area (Å²) < 4.78 is 34.7. The van der Waals surface area contributed by atoms with E-state index < -0.39 is 48.8 Å². The molecule has 2 aliphatic heterocycles. The van der Waals surface area contributed by atoms with E-state index in [0.717, 1.165) is 12.8 Å². The van der Waals surface area contributed by atoms with Gasteiger partial charge in [0.25, 0.3) is 5.92 Å². The summed E-state index contributed by atoms with van der Waals surface area (Å²) in [7, 11) is 0. The van der Waals surface area contributed by atoms with Crippen LogP contribution in [-0.4, -0.2) is 83.0 Å². The number of alkyl halides is 2. The quantitative estimate of drug-likeness (QED) is 0.294. The van der Waals surface area contributed by atoms with Gasteiger partial charge in [0.1, 0.15) is 5.92 Å². The molecule has 0 aromatic rings. The number of hydrazine groups is 1. The van der Waals surface area contributed by atoms with E-state index in [1.807, 2.05) is 0 Å². The van der Waals surface area contributed by atoms with E-state index in [0.29, 0.717) is 10.9 Å². The average molecular weight is 475 g/mol. The molecule has 0 radical (unpaired) electrons. The number of nitrogens with two attached hydrogens (primary N) is 1. The van der Waals surface area contributed by atoms with Crippen LogP contribution in [-0.2, 0) is 24.0 Å². The molecular weight excluding hydrogens is 448 g/mol. The molecule has 0 aromatic carbocycles. The van der Waals surface area contributed by atoms with Crippen LogP contribution in [0, 0.1) is 5.92 Å². The third-order valence-corrected chi connectivity index (χ3v) is 5.59. The Labute approximate surface area is 187 Å². The summed E-state index contributed by atoms with van der Waals surface area (Å²) in [4.78, 5) is 53.1. The van der Waals surface area contributed by atoms with Crippen molar-refractivity contribution in [1.29, 1.82) is 0 Å². The summed E-state index contributed by atoms with van der Waals surface area (Å²) in [6.45, 7) is -0.698. The summed E-state index contributed by atoms with van der Waals surface area (Å²) in [6, 6.07) is -1.21. The molecule has 12 nitrogen and oxygen atoms in total. The Balaban J connectivity index is 1.47. The lowest BCUT2D eigenvalue weighted by molar-refractivity contribution is -0.156. The Morgan fingerprint density at radius 1 is 1.33 bits per heavy atom. The molecule has 2 heterocycles. The molecule has 3 rings (SSSR count). The van der Waals surface area contributed by atoms with Gasteiger partial charge in [0.2, 0.25) is 23.4 Å². The van der Waals surface area contributed by atoms with Crippen LogP contribution in [0.15, 0.2) is 12.0 Å². The zero-order chi connectivity index (χ0) is 24.2. The lowest BCUT2D eigenvalue weighted by Crippen LogP contribution is -2.59. The number of nitrogens with one attached hydrogen (secondary N) is 2. The minimum Gasteiger partial charge on any atom is -0.465 e. The molecule has 3 aliphatic rings. The van der Waals surface area contributed by atoms with E-state index >= 15 is 0 Å². The lowest BCUT2D eigenvalue weighted by atomic mass is 9.88. The Hall–Kier alpha value is -3.00. The van der Waals surface area contributed by atoms with Gasteiger partial charge in [0.15, 0.2) is 0 Å². The third-order valence-electron chi connectivity index (χ3n) is 5.59. The topological polar surface area (TPSA) is 164 Å². The number of primary amides is 1.